The summed E-state index contributed by atoms with van der Waals surface area (Å²) in [4.78, 5) is 14.1. The van der Waals surface area contributed by atoms with E-state index in [1.54, 1.807) is 12.0 Å². The zero-order valence-corrected chi connectivity index (χ0v) is 14.5. The van der Waals surface area contributed by atoms with Gasteiger partial charge in [-0.3, -0.25) is 0 Å². The summed E-state index contributed by atoms with van der Waals surface area (Å²) in [5.41, 5.74) is 1.88. The summed E-state index contributed by atoms with van der Waals surface area (Å²) in [6, 6.07) is 6.06. The number of aliphatic hydroxyl groups is 1. The van der Waals surface area contributed by atoms with E-state index in [2.05, 4.69) is 6.07 Å². The molecule has 23 heavy (non-hydrogen) atoms. The number of methoxy groups -OCH3 is 1. The molecule has 1 aromatic rings. The van der Waals surface area contributed by atoms with Crippen molar-refractivity contribution in [1.82, 2.24) is 4.90 Å². The SMILES string of the molecule is COc1cccc2c1CC[C@H](N(CCO)C(=O)OC(C)(C)C)C2. The number of rotatable bonds is 4. The highest BCUT2D eigenvalue weighted by Crippen LogP contribution is 2.31. The van der Waals surface area contributed by atoms with Crippen molar-refractivity contribution in [2.24, 2.45) is 0 Å². The molecule has 0 radical (unpaired) electrons. The van der Waals surface area contributed by atoms with Gasteiger partial charge in [-0.25, -0.2) is 4.79 Å². The molecule has 5 heteroatoms. The molecular formula is C18H27NO4. The van der Waals surface area contributed by atoms with Gasteiger partial charge in [-0.05, 0) is 57.2 Å². The van der Waals surface area contributed by atoms with E-state index in [0.29, 0.717) is 6.54 Å². The summed E-state index contributed by atoms with van der Waals surface area (Å²) < 4.78 is 10.9. The van der Waals surface area contributed by atoms with Gasteiger partial charge in [0.05, 0.1) is 13.7 Å². The molecule has 0 bridgehead atoms. The van der Waals surface area contributed by atoms with E-state index in [1.165, 1.54) is 11.1 Å². The van der Waals surface area contributed by atoms with Gasteiger partial charge in [-0.15, -0.1) is 0 Å². The first-order valence-electron chi connectivity index (χ1n) is 8.11. The van der Waals surface area contributed by atoms with Crippen LogP contribution < -0.4 is 4.74 Å². The van der Waals surface area contributed by atoms with E-state index in [4.69, 9.17) is 9.47 Å². The van der Waals surface area contributed by atoms with Gasteiger partial charge >= 0.3 is 6.09 Å². The number of aliphatic hydroxyl groups excluding tert-OH is 1. The van der Waals surface area contributed by atoms with Gasteiger partial charge in [0.25, 0.3) is 0 Å². The smallest absolute Gasteiger partial charge is 0.410 e. The number of fused-ring (bicyclic) bond motifs is 1. The fraction of sp³-hybridized carbons (Fsp3) is 0.611. The Morgan fingerprint density at radius 1 is 1.39 bits per heavy atom. The fourth-order valence-electron chi connectivity index (χ4n) is 3.06. The van der Waals surface area contributed by atoms with Crippen LogP contribution in [0.15, 0.2) is 18.2 Å². The van der Waals surface area contributed by atoms with Crippen molar-refractivity contribution in [1.29, 1.82) is 0 Å². The van der Waals surface area contributed by atoms with Crippen molar-refractivity contribution in [2.75, 3.05) is 20.3 Å². The van der Waals surface area contributed by atoms with Gasteiger partial charge in [-0.1, -0.05) is 12.1 Å². The number of carbonyl (C=O) groups is 1. The van der Waals surface area contributed by atoms with Crippen LogP contribution in [0, 0.1) is 0 Å². The molecular weight excluding hydrogens is 294 g/mol. The molecule has 0 saturated heterocycles. The van der Waals surface area contributed by atoms with E-state index < -0.39 is 5.60 Å². The van der Waals surface area contributed by atoms with E-state index in [9.17, 15) is 9.90 Å². The molecule has 2 rings (SSSR count). The minimum absolute atomic E-state index is 0.0385. The van der Waals surface area contributed by atoms with Gasteiger partial charge in [-0.2, -0.15) is 0 Å². The second-order valence-electron chi connectivity index (χ2n) is 6.89. The third kappa shape index (κ3) is 4.38. The molecule has 1 N–H and O–H groups in total. The number of hydrogen-bond donors (Lipinski definition) is 1. The number of ether oxygens (including phenoxy) is 2. The number of nitrogens with zero attached hydrogens (tertiary/aromatic N) is 1. The van der Waals surface area contributed by atoms with Crippen LogP contribution >= 0.6 is 0 Å². The molecule has 128 valence electrons. The first-order valence-corrected chi connectivity index (χ1v) is 8.11. The highest BCUT2D eigenvalue weighted by atomic mass is 16.6. The summed E-state index contributed by atoms with van der Waals surface area (Å²) >= 11 is 0. The van der Waals surface area contributed by atoms with Crippen LogP contribution in [0.25, 0.3) is 0 Å². The van der Waals surface area contributed by atoms with Gasteiger partial charge in [0.15, 0.2) is 0 Å². The Labute approximate surface area is 138 Å². The van der Waals surface area contributed by atoms with E-state index in [1.807, 2.05) is 32.9 Å². The zero-order valence-electron chi connectivity index (χ0n) is 14.5. The molecule has 0 spiro atoms. The number of amides is 1. The predicted octanol–water partition coefficient (Wildman–Crippen LogP) is 2.78. The molecule has 1 aliphatic rings. The lowest BCUT2D eigenvalue weighted by atomic mass is 9.87. The van der Waals surface area contributed by atoms with Crippen LogP contribution in [-0.4, -0.2) is 48.0 Å². The number of carbonyl (C=O) groups excluding carboxylic acids is 1. The summed E-state index contributed by atoms with van der Waals surface area (Å²) in [5, 5.41) is 9.32. The average Bonchev–Trinajstić information content (AvgIpc) is 2.49. The standard InChI is InChI=1S/C18H27NO4/c1-18(2,3)23-17(21)19(10-11-20)14-8-9-15-13(12-14)6-5-7-16(15)22-4/h5-7,14,20H,8-12H2,1-4H3/t14-/m0/s1. The highest BCUT2D eigenvalue weighted by Gasteiger charge is 2.31. The lowest BCUT2D eigenvalue weighted by molar-refractivity contribution is 0.0108. The monoisotopic (exact) mass is 321 g/mol. The van der Waals surface area contributed by atoms with E-state index in [0.717, 1.165) is 25.0 Å². The van der Waals surface area contributed by atoms with Crippen LogP contribution in [0.3, 0.4) is 0 Å². The number of hydrogen-bond acceptors (Lipinski definition) is 4. The summed E-state index contributed by atoms with van der Waals surface area (Å²) in [5.74, 6) is 0.909. The summed E-state index contributed by atoms with van der Waals surface area (Å²) in [7, 11) is 1.68. The molecule has 0 unspecified atom stereocenters. The summed E-state index contributed by atoms with van der Waals surface area (Å²) in [6.45, 7) is 5.77. The van der Waals surface area contributed by atoms with Crippen molar-refractivity contribution in [3.63, 3.8) is 0 Å². The third-order valence-corrected chi connectivity index (χ3v) is 4.04. The second-order valence-corrected chi connectivity index (χ2v) is 6.89. The first kappa shape index (κ1) is 17.6. The van der Waals surface area contributed by atoms with Crippen molar-refractivity contribution < 1.29 is 19.4 Å². The molecule has 0 aromatic heterocycles. The Morgan fingerprint density at radius 2 is 2.13 bits per heavy atom. The Kier molecular flexibility index (Phi) is 5.52. The van der Waals surface area contributed by atoms with Crippen molar-refractivity contribution in [3.05, 3.63) is 29.3 Å². The lowest BCUT2D eigenvalue weighted by Crippen LogP contribution is -2.47. The minimum atomic E-state index is -0.541. The quantitative estimate of drug-likeness (QED) is 0.926. The maximum absolute atomic E-state index is 12.5. The van der Waals surface area contributed by atoms with E-state index >= 15 is 0 Å². The van der Waals surface area contributed by atoms with E-state index in [-0.39, 0.29) is 18.7 Å². The molecule has 1 atom stereocenters. The molecule has 1 amide bonds. The van der Waals surface area contributed by atoms with Gasteiger partial charge < -0.3 is 19.5 Å². The Balaban J connectivity index is 2.17. The van der Waals surface area contributed by atoms with Gasteiger partial charge in [0.2, 0.25) is 0 Å². The maximum atomic E-state index is 12.5. The first-order chi connectivity index (χ1) is 10.9. The normalized spacial score (nSPS) is 17.3. The van der Waals surface area contributed by atoms with Crippen molar-refractivity contribution in [3.8, 4) is 5.75 Å². The third-order valence-electron chi connectivity index (χ3n) is 4.04. The van der Waals surface area contributed by atoms with Crippen molar-refractivity contribution in [2.45, 2.75) is 51.7 Å². The Bertz CT molecular complexity index is 550. The summed E-state index contributed by atoms with van der Waals surface area (Å²) in [6.07, 6.45) is 2.09. The molecule has 0 saturated carbocycles. The van der Waals surface area contributed by atoms with Crippen LogP contribution in [-0.2, 0) is 17.6 Å². The minimum Gasteiger partial charge on any atom is -0.496 e. The molecule has 0 aliphatic heterocycles. The molecule has 5 nitrogen and oxygen atoms in total. The largest absolute Gasteiger partial charge is 0.496 e. The highest BCUT2D eigenvalue weighted by molar-refractivity contribution is 5.68. The van der Waals surface area contributed by atoms with Crippen LogP contribution in [0.5, 0.6) is 5.75 Å². The average molecular weight is 321 g/mol. The Hall–Kier alpha value is -1.75. The maximum Gasteiger partial charge on any atom is 0.410 e. The zero-order chi connectivity index (χ0) is 17.0. The van der Waals surface area contributed by atoms with Crippen LogP contribution in [0.4, 0.5) is 4.79 Å². The Morgan fingerprint density at radius 3 is 2.74 bits per heavy atom. The van der Waals surface area contributed by atoms with Crippen LogP contribution in [0.2, 0.25) is 0 Å². The lowest BCUT2D eigenvalue weighted by Gasteiger charge is -2.36. The van der Waals surface area contributed by atoms with Gasteiger partial charge in [0, 0.05) is 12.6 Å². The second kappa shape index (κ2) is 7.21. The fourth-order valence-corrected chi connectivity index (χ4v) is 3.06. The molecule has 0 heterocycles. The van der Waals surface area contributed by atoms with Crippen LogP contribution in [0.1, 0.15) is 38.3 Å². The molecule has 0 fully saturated rings. The predicted molar refractivity (Wildman–Crippen MR) is 88.8 cm³/mol. The molecule has 1 aliphatic carbocycles. The molecule has 1 aromatic carbocycles. The number of benzene rings is 1. The van der Waals surface area contributed by atoms with Crippen molar-refractivity contribution >= 4 is 6.09 Å². The topological polar surface area (TPSA) is 59.0 Å². The van der Waals surface area contributed by atoms with Gasteiger partial charge in [0.1, 0.15) is 11.4 Å².